The summed E-state index contributed by atoms with van der Waals surface area (Å²) >= 11 is 0. The summed E-state index contributed by atoms with van der Waals surface area (Å²) in [4.78, 5) is 35.8. The van der Waals surface area contributed by atoms with Gasteiger partial charge in [0.25, 0.3) is 0 Å². The van der Waals surface area contributed by atoms with Gasteiger partial charge in [-0.1, -0.05) is 0 Å². The molecule has 1 N–H and O–H groups in total. The number of carbonyl (C=O) groups is 3. The van der Waals surface area contributed by atoms with Crippen LogP contribution in [0.1, 0.15) is 19.8 Å². The van der Waals surface area contributed by atoms with Crippen molar-refractivity contribution in [2.75, 3.05) is 19.7 Å². The second-order valence-electron chi connectivity index (χ2n) is 4.06. The SMILES string of the molecule is CCOC(=O)CN1CCC2CC(=O)NN2C1=O. The van der Waals surface area contributed by atoms with E-state index in [1.165, 1.54) is 9.91 Å². The highest BCUT2D eigenvalue weighted by molar-refractivity contribution is 5.87. The average Bonchev–Trinajstić information content (AvgIpc) is 2.64. The molecule has 0 aliphatic carbocycles. The van der Waals surface area contributed by atoms with Gasteiger partial charge in [-0.05, 0) is 13.3 Å². The third-order valence-corrected chi connectivity index (χ3v) is 2.87. The van der Waals surface area contributed by atoms with Crippen LogP contribution in [0.5, 0.6) is 0 Å². The molecule has 0 saturated carbocycles. The highest BCUT2D eigenvalue weighted by atomic mass is 16.5. The van der Waals surface area contributed by atoms with Gasteiger partial charge < -0.3 is 9.64 Å². The monoisotopic (exact) mass is 241 g/mol. The van der Waals surface area contributed by atoms with Gasteiger partial charge in [0.15, 0.2) is 0 Å². The number of rotatable bonds is 3. The number of nitrogens with one attached hydrogen (secondary N) is 1. The fourth-order valence-electron chi connectivity index (χ4n) is 2.07. The lowest BCUT2D eigenvalue weighted by atomic mass is 10.1. The van der Waals surface area contributed by atoms with Crippen molar-refractivity contribution < 1.29 is 19.1 Å². The van der Waals surface area contributed by atoms with Crippen LogP contribution in [-0.4, -0.2) is 53.6 Å². The first-order chi connectivity index (χ1) is 8.11. The minimum Gasteiger partial charge on any atom is -0.465 e. The normalized spacial score (nSPS) is 23.5. The number of fused-ring (bicyclic) bond motifs is 1. The van der Waals surface area contributed by atoms with Crippen LogP contribution in [0.3, 0.4) is 0 Å². The number of ether oxygens (including phenoxy) is 1. The Bertz CT molecular complexity index is 357. The molecule has 0 bridgehead atoms. The third-order valence-electron chi connectivity index (χ3n) is 2.87. The highest BCUT2D eigenvalue weighted by Gasteiger charge is 2.40. The van der Waals surface area contributed by atoms with Crippen LogP contribution in [0.4, 0.5) is 4.79 Å². The van der Waals surface area contributed by atoms with Crippen molar-refractivity contribution in [3.63, 3.8) is 0 Å². The van der Waals surface area contributed by atoms with Gasteiger partial charge in [0, 0.05) is 6.54 Å². The van der Waals surface area contributed by atoms with E-state index in [9.17, 15) is 14.4 Å². The van der Waals surface area contributed by atoms with Crippen LogP contribution in [0, 0.1) is 0 Å². The van der Waals surface area contributed by atoms with Crippen LogP contribution in [0.2, 0.25) is 0 Å². The first kappa shape index (κ1) is 11.7. The third kappa shape index (κ3) is 2.32. The van der Waals surface area contributed by atoms with E-state index in [4.69, 9.17) is 4.74 Å². The number of amides is 3. The number of nitrogens with zero attached hydrogens (tertiary/aromatic N) is 2. The maximum atomic E-state index is 11.9. The summed E-state index contributed by atoms with van der Waals surface area (Å²) in [6, 6.07) is -0.409. The molecule has 7 heteroatoms. The Balaban J connectivity index is 1.96. The molecule has 0 aromatic heterocycles. The quantitative estimate of drug-likeness (QED) is 0.674. The Hall–Kier alpha value is -1.79. The van der Waals surface area contributed by atoms with Gasteiger partial charge in [-0.3, -0.25) is 15.0 Å². The zero-order valence-electron chi connectivity index (χ0n) is 9.64. The number of esters is 1. The van der Waals surface area contributed by atoms with Crippen molar-refractivity contribution >= 4 is 17.9 Å². The van der Waals surface area contributed by atoms with Crippen LogP contribution in [-0.2, 0) is 14.3 Å². The van der Waals surface area contributed by atoms with Crippen LogP contribution in [0.25, 0.3) is 0 Å². The van der Waals surface area contributed by atoms with Crippen LogP contribution >= 0.6 is 0 Å². The van der Waals surface area contributed by atoms with Crippen molar-refractivity contribution in [2.45, 2.75) is 25.8 Å². The molecule has 0 radical (unpaired) electrons. The number of carbonyl (C=O) groups excluding carboxylic acids is 3. The summed E-state index contributed by atoms with van der Waals surface area (Å²) in [6.07, 6.45) is 1.03. The average molecular weight is 241 g/mol. The number of urea groups is 1. The molecule has 0 spiro atoms. The molecule has 3 amide bonds. The van der Waals surface area contributed by atoms with E-state index in [2.05, 4.69) is 5.43 Å². The highest BCUT2D eigenvalue weighted by Crippen LogP contribution is 2.21. The first-order valence-electron chi connectivity index (χ1n) is 5.65. The minimum atomic E-state index is -0.426. The molecule has 17 heavy (non-hydrogen) atoms. The summed E-state index contributed by atoms with van der Waals surface area (Å²) in [7, 11) is 0. The predicted octanol–water partition coefficient (Wildman–Crippen LogP) is -0.519. The standard InChI is InChI=1S/C10H15N3O4/c1-2-17-9(15)6-12-4-3-7-5-8(14)11-13(7)10(12)16/h7H,2-6H2,1H3,(H,11,14). The Kier molecular flexibility index (Phi) is 3.16. The molecule has 0 aromatic carbocycles. The Morgan fingerprint density at radius 3 is 3.00 bits per heavy atom. The number of hydrogen-bond acceptors (Lipinski definition) is 4. The number of hydrogen-bond donors (Lipinski definition) is 1. The predicted molar refractivity (Wildman–Crippen MR) is 56.6 cm³/mol. The molecule has 7 nitrogen and oxygen atoms in total. The van der Waals surface area contributed by atoms with E-state index >= 15 is 0 Å². The van der Waals surface area contributed by atoms with E-state index < -0.39 is 5.97 Å². The second kappa shape index (κ2) is 4.60. The zero-order valence-corrected chi connectivity index (χ0v) is 9.64. The molecule has 1 unspecified atom stereocenters. The summed E-state index contributed by atoms with van der Waals surface area (Å²) in [6.45, 7) is 2.43. The van der Waals surface area contributed by atoms with Gasteiger partial charge in [0.2, 0.25) is 5.91 Å². The van der Waals surface area contributed by atoms with Crippen molar-refractivity contribution in [1.82, 2.24) is 15.3 Å². The molecule has 2 fully saturated rings. The van der Waals surface area contributed by atoms with Crippen LogP contribution < -0.4 is 5.43 Å². The molecule has 1 atom stereocenters. The zero-order chi connectivity index (χ0) is 12.4. The maximum Gasteiger partial charge on any atom is 0.339 e. The number of hydrazine groups is 1. The molecule has 2 aliphatic rings. The van der Waals surface area contributed by atoms with Crippen molar-refractivity contribution in [2.24, 2.45) is 0 Å². The molecule has 2 rings (SSSR count). The fraction of sp³-hybridized carbons (Fsp3) is 0.700. The molecular weight excluding hydrogens is 226 g/mol. The molecule has 94 valence electrons. The summed E-state index contributed by atoms with van der Waals surface area (Å²) in [5.41, 5.74) is 2.49. The lowest BCUT2D eigenvalue weighted by Gasteiger charge is -2.35. The van der Waals surface area contributed by atoms with Gasteiger partial charge in [-0.15, -0.1) is 0 Å². The Labute approximate surface area is 98.6 Å². The molecule has 2 aliphatic heterocycles. The maximum absolute atomic E-state index is 11.9. The minimum absolute atomic E-state index is 0.0637. The molecule has 0 aromatic rings. The Morgan fingerprint density at radius 2 is 2.29 bits per heavy atom. The van der Waals surface area contributed by atoms with Crippen LogP contribution in [0.15, 0.2) is 0 Å². The smallest absolute Gasteiger partial charge is 0.339 e. The topological polar surface area (TPSA) is 79.0 Å². The van der Waals surface area contributed by atoms with Gasteiger partial charge in [0.1, 0.15) is 6.54 Å². The largest absolute Gasteiger partial charge is 0.465 e. The van der Waals surface area contributed by atoms with Crippen molar-refractivity contribution in [3.8, 4) is 0 Å². The van der Waals surface area contributed by atoms with E-state index in [0.29, 0.717) is 26.0 Å². The lowest BCUT2D eigenvalue weighted by Crippen LogP contribution is -2.56. The van der Waals surface area contributed by atoms with E-state index in [0.717, 1.165) is 0 Å². The molecule has 2 saturated heterocycles. The van der Waals surface area contributed by atoms with Gasteiger partial charge in [-0.2, -0.15) is 0 Å². The lowest BCUT2D eigenvalue weighted by molar-refractivity contribution is -0.144. The summed E-state index contributed by atoms with van der Waals surface area (Å²) in [5.74, 6) is -0.578. The summed E-state index contributed by atoms with van der Waals surface area (Å²) in [5, 5.41) is 1.31. The van der Waals surface area contributed by atoms with Gasteiger partial charge >= 0.3 is 12.0 Å². The van der Waals surface area contributed by atoms with Crippen molar-refractivity contribution in [3.05, 3.63) is 0 Å². The Morgan fingerprint density at radius 1 is 1.53 bits per heavy atom. The molecular formula is C10H15N3O4. The van der Waals surface area contributed by atoms with E-state index in [1.807, 2.05) is 0 Å². The molecule has 2 heterocycles. The fourth-order valence-corrected chi connectivity index (χ4v) is 2.07. The van der Waals surface area contributed by atoms with Gasteiger partial charge in [-0.25, -0.2) is 9.80 Å². The first-order valence-corrected chi connectivity index (χ1v) is 5.65. The second-order valence-corrected chi connectivity index (χ2v) is 4.06. The van der Waals surface area contributed by atoms with E-state index in [-0.39, 0.29) is 24.5 Å². The van der Waals surface area contributed by atoms with Crippen molar-refractivity contribution in [1.29, 1.82) is 0 Å². The van der Waals surface area contributed by atoms with Gasteiger partial charge in [0.05, 0.1) is 19.1 Å². The summed E-state index contributed by atoms with van der Waals surface area (Å²) < 4.78 is 4.79. The van der Waals surface area contributed by atoms with E-state index in [1.54, 1.807) is 6.92 Å².